The maximum atomic E-state index is 5.01. The Hall–Kier alpha value is -2.39. The maximum Gasteiger partial charge on any atom is 0.138 e. The van der Waals surface area contributed by atoms with Crippen molar-refractivity contribution in [2.24, 2.45) is 0 Å². The highest BCUT2D eigenvalue weighted by Crippen LogP contribution is 2.33. The van der Waals surface area contributed by atoms with Crippen LogP contribution in [-0.4, -0.2) is 14.8 Å². The number of fused-ring (bicyclic) bond motifs is 1. The van der Waals surface area contributed by atoms with Crippen LogP contribution in [0.25, 0.3) is 33.4 Å². The Morgan fingerprint density at radius 2 is 1.65 bits per heavy atom. The first-order valence-electron chi connectivity index (χ1n) is 9.02. The summed E-state index contributed by atoms with van der Waals surface area (Å²) >= 11 is 3.79. The fourth-order valence-electron chi connectivity index (χ4n) is 3.31. The molecule has 4 rings (SSSR count). The lowest BCUT2D eigenvalue weighted by Gasteiger charge is -2.09. The predicted octanol–water partition coefficient (Wildman–Crippen LogP) is 6.61. The molecule has 0 radical (unpaired) electrons. The van der Waals surface area contributed by atoms with E-state index in [-0.39, 0.29) is 0 Å². The third-order valence-electron chi connectivity index (χ3n) is 4.74. The van der Waals surface area contributed by atoms with E-state index in [0.29, 0.717) is 4.83 Å². The summed E-state index contributed by atoms with van der Waals surface area (Å²) in [7, 11) is 0. The molecule has 3 heteroatoms. The summed E-state index contributed by atoms with van der Waals surface area (Å²) in [6, 6.07) is 25.3. The Labute approximate surface area is 162 Å². The minimum Gasteiger partial charge on any atom is -0.341 e. The zero-order chi connectivity index (χ0) is 17.9. The summed E-state index contributed by atoms with van der Waals surface area (Å²) in [4.78, 5) is 9.03. The van der Waals surface area contributed by atoms with Crippen LogP contribution in [0.4, 0.5) is 0 Å². The zero-order valence-corrected chi connectivity index (χ0v) is 16.3. The van der Waals surface area contributed by atoms with E-state index in [4.69, 9.17) is 4.98 Å². The number of aromatic amines is 1. The van der Waals surface area contributed by atoms with Gasteiger partial charge in [-0.1, -0.05) is 95.7 Å². The van der Waals surface area contributed by atoms with Crippen molar-refractivity contribution in [3.63, 3.8) is 0 Å². The Morgan fingerprint density at radius 3 is 2.46 bits per heavy atom. The van der Waals surface area contributed by atoms with Crippen molar-refractivity contribution in [2.45, 2.75) is 24.6 Å². The molecule has 0 bridgehead atoms. The van der Waals surface area contributed by atoms with Crippen molar-refractivity contribution >= 4 is 26.7 Å². The van der Waals surface area contributed by atoms with Crippen LogP contribution in [0.15, 0.2) is 72.8 Å². The third kappa shape index (κ3) is 3.32. The van der Waals surface area contributed by atoms with Crippen LogP contribution < -0.4 is 0 Å². The predicted molar refractivity (Wildman–Crippen MR) is 114 cm³/mol. The van der Waals surface area contributed by atoms with E-state index < -0.39 is 0 Å². The molecule has 3 aromatic carbocycles. The van der Waals surface area contributed by atoms with Gasteiger partial charge >= 0.3 is 0 Å². The van der Waals surface area contributed by atoms with E-state index in [1.165, 1.54) is 22.0 Å². The number of nitrogens with zero attached hydrogens (tertiary/aromatic N) is 1. The molecular weight excluding hydrogens is 384 g/mol. The average Bonchev–Trinajstić information content (AvgIpc) is 3.11. The third-order valence-corrected chi connectivity index (χ3v) is 5.71. The lowest BCUT2D eigenvalue weighted by atomic mass is 10.00. The first-order chi connectivity index (χ1) is 12.8. The lowest BCUT2D eigenvalue weighted by molar-refractivity contribution is 0.815. The molecule has 1 heterocycles. The van der Waals surface area contributed by atoms with E-state index in [0.717, 1.165) is 29.9 Å². The Balaban J connectivity index is 1.89. The van der Waals surface area contributed by atoms with E-state index in [9.17, 15) is 0 Å². The van der Waals surface area contributed by atoms with Crippen molar-refractivity contribution in [1.82, 2.24) is 9.97 Å². The summed E-state index contributed by atoms with van der Waals surface area (Å²) in [5, 5.41) is 2.48. The van der Waals surface area contributed by atoms with Crippen LogP contribution in [-0.2, 0) is 6.42 Å². The number of rotatable bonds is 5. The van der Waals surface area contributed by atoms with Gasteiger partial charge in [-0.15, -0.1) is 0 Å². The Bertz CT molecular complexity index is 1020. The highest BCUT2D eigenvalue weighted by molar-refractivity contribution is 9.09. The van der Waals surface area contributed by atoms with Gasteiger partial charge in [-0.3, -0.25) is 0 Å². The number of H-pyrrole nitrogens is 1. The molecule has 0 spiro atoms. The number of nitrogens with one attached hydrogen (secondary N) is 1. The normalized spacial score (nSPS) is 12.4. The molecule has 0 aliphatic heterocycles. The summed E-state index contributed by atoms with van der Waals surface area (Å²) in [5.74, 6) is 0.930. The Kier molecular flexibility index (Phi) is 4.89. The van der Waals surface area contributed by atoms with Crippen LogP contribution in [0.5, 0.6) is 0 Å². The van der Waals surface area contributed by atoms with E-state index in [2.05, 4.69) is 94.6 Å². The van der Waals surface area contributed by atoms with Gasteiger partial charge in [0.15, 0.2) is 0 Å². The second kappa shape index (κ2) is 7.46. The molecule has 26 heavy (non-hydrogen) atoms. The molecule has 1 aromatic heterocycles. The number of alkyl halides is 1. The standard InChI is InChI=1S/C23H21BrN2/c1-2-18(24)15-21-22(26-23(25-21)17-10-4-3-5-11-17)20-14-8-12-16-9-6-7-13-19(16)20/h3-14,18H,2,15H2,1H3,(H,25,26). The summed E-state index contributed by atoms with van der Waals surface area (Å²) in [6.07, 6.45) is 2.00. The zero-order valence-electron chi connectivity index (χ0n) is 14.7. The molecule has 0 aliphatic rings. The molecule has 0 saturated heterocycles. The SMILES string of the molecule is CCC(Br)Cc1[nH]c(-c2ccccc2)nc1-c1cccc2ccccc12. The summed E-state index contributed by atoms with van der Waals surface area (Å²) < 4.78 is 0. The van der Waals surface area contributed by atoms with Gasteiger partial charge in [-0.25, -0.2) is 4.98 Å². The van der Waals surface area contributed by atoms with Crippen molar-refractivity contribution < 1.29 is 0 Å². The molecular formula is C23H21BrN2. The summed E-state index contributed by atoms with van der Waals surface area (Å²) in [5.41, 5.74) is 4.54. The fourth-order valence-corrected chi connectivity index (χ4v) is 3.63. The molecule has 0 fully saturated rings. The molecule has 1 unspecified atom stereocenters. The van der Waals surface area contributed by atoms with Gasteiger partial charge in [0.25, 0.3) is 0 Å². The number of halogens is 1. The number of benzene rings is 3. The second-order valence-corrected chi connectivity index (χ2v) is 7.81. The summed E-state index contributed by atoms with van der Waals surface area (Å²) in [6.45, 7) is 2.20. The van der Waals surface area contributed by atoms with E-state index >= 15 is 0 Å². The number of aromatic nitrogens is 2. The molecule has 1 N–H and O–H groups in total. The highest BCUT2D eigenvalue weighted by atomic mass is 79.9. The molecule has 4 aromatic rings. The number of hydrogen-bond donors (Lipinski definition) is 1. The molecule has 0 saturated carbocycles. The first-order valence-corrected chi connectivity index (χ1v) is 9.94. The topological polar surface area (TPSA) is 28.7 Å². The Morgan fingerprint density at radius 1 is 0.923 bits per heavy atom. The maximum absolute atomic E-state index is 5.01. The molecule has 1 atom stereocenters. The van der Waals surface area contributed by atoms with Crippen LogP contribution in [0.3, 0.4) is 0 Å². The smallest absolute Gasteiger partial charge is 0.138 e. The van der Waals surface area contributed by atoms with Crippen LogP contribution in [0, 0.1) is 0 Å². The number of hydrogen-bond acceptors (Lipinski definition) is 1. The van der Waals surface area contributed by atoms with Crippen LogP contribution >= 0.6 is 15.9 Å². The van der Waals surface area contributed by atoms with Crippen molar-refractivity contribution in [2.75, 3.05) is 0 Å². The van der Waals surface area contributed by atoms with Gasteiger partial charge in [-0.2, -0.15) is 0 Å². The minimum absolute atomic E-state index is 0.431. The van der Waals surface area contributed by atoms with Gasteiger partial charge in [0.1, 0.15) is 5.82 Å². The largest absolute Gasteiger partial charge is 0.341 e. The van der Waals surface area contributed by atoms with E-state index in [1.807, 2.05) is 6.07 Å². The fraction of sp³-hybridized carbons (Fsp3) is 0.174. The van der Waals surface area contributed by atoms with Gasteiger partial charge in [-0.05, 0) is 17.2 Å². The van der Waals surface area contributed by atoms with Gasteiger partial charge in [0.2, 0.25) is 0 Å². The molecule has 0 amide bonds. The quantitative estimate of drug-likeness (QED) is 0.372. The minimum atomic E-state index is 0.431. The van der Waals surface area contributed by atoms with E-state index in [1.54, 1.807) is 0 Å². The van der Waals surface area contributed by atoms with Crippen molar-refractivity contribution in [3.05, 3.63) is 78.5 Å². The highest BCUT2D eigenvalue weighted by Gasteiger charge is 2.17. The monoisotopic (exact) mass is 404 g/mol. The van der Waals surface area contributed by atoms with Crippen molar-refractivity contribution in [1.29, 1.82) is 0 Å². The molecule has 130 valence electrons. The molecule has 0 aliphatic carbocycles. The van der Waals surface area contributed by atoms with Gasteiger partial charge < -0.3 is 4.98 Å². The van der Waals surface area contributed by atoms with Gasteiger partial charge in [0.05, 0.1) is 5.69 Å². The van der Waals surface area contributed by atoms with Crippen LogP contribution in [0.1, 0.15) is 19.0 Å². The lowest BCUT2D eigenvalue weighted by Crippen LogP contribution is -2.02. The number of imidazole rings is 1. The second-order valence-electron chi connectivity index (χ2n) is 6.51. The first kappa shape index (κ1) is 17.0. The molecule has 2 nitrogen and oxygen atoms in total. The average molecular weight is 405 g/mol. The van der Waals surface area contributed by atoms with Crippen LogP contribution in [0.2, 0.25) is 0 Å². The van der Waals surface area contributed by atoms with Gasteiger partial charge in [0, 0.05) is 28.1 Å². The van der Waals surface area contributed by atoms with Crippen molar-refractivity contribution in [3.8, 4) is 22.6 Å².